The molecule has 1 heterocycles. The van der Waals surface area contributed by atoms with Crippen molar-refractivity contribution in [3.05, 3.63) is 64.1 Å². The second kappa shape index (κ2) is 6.54. The lowest BCUT2D eigenvalue weighted by atomic mass is 10.1. The molecule has 0 aliphatic heterocycles. The number of benzene rings is 2. The van der Waals surface area contributed by atoms with Crippen molar-refractivity contribution in [3.63, 3.8) is 0 Å². The van der Waals surface area contributed by atoms with Crippen LogP contribution in [0.1, 0.15) is 28.8 Å². The van der Waals surface area contributed by atoms with Crippen LogP contribution in [-0.4, -0.2) is 16.7 Å². The SMILES string of the molecule is Cc1cccc(NC(=O)CCC(=O)c2ccc3[nH]c(=O)oc3c2)c1. The van der Waals surface area contributed by atoms with Crippen molar-refractivity contribution in [3.8, 4) is 0 Å². The highest BCUT2D eigenvalue weighted by molar-refractivity contribution is 6.01. The van der Waals surface area contributed by atoms with E-state index >= 15 is 0 Å². The standard InChI is InChI=1S/C18H16N2O4/c1-11-3-2-4-13(9-11)19-17(22)8-7-15(21)12-5-6-14-16(10-12)24-18(23)20-14/h2-6,9-10H,7-8H2,1H3,(H,19,22)(H,20,23). The Kier molecular flexibility index (Phi) is 4.29. The molecule has 0 saturated carbocycles. The van der Waals surface area contributed by atoms with Gasteiger partial charge in [0.1, 0.15) is 0 Å². The average Bonchev–Trinajstić information content (AvgIpc) is 2.91. The van der Waals surface area contributed by atoms with E-state index in [9.17, 15) is 14.4 Å². The summed E-state index contributed by atoms with van der Waals surface area (Å²) in [5, 5.41) is 2.77. The molecule has 0 unspecified atom stereocenters. The van der Waals surface area contributed by atoms with Gasteiger partial charge in [-0.15, -0.1) is 0 Å². The highest BCUT2D eigenvalue weighted by atomic mass is 16.4. The van der Waals surface area contributed by atoms with Gasteiger partial charge in [0.25, 0.3) is 0 Å². The summed E-state index contributed by atoms with van der Waals surface area (Å²) in [7, 11) is 0. The Labute approximate surface area is 137 Å². The van der Waals surface area contributed by atoms with Crippen LogP contribution in [0.3, 0.4) is 0 Å². The maximum Gasteiger partial charge on any atom is 0.417 e. The number of aromatic amines is 1. The van der Waals surface area contributed by atoms with Crippen LogP contribution in [0.25, 0.3) is 11.1 Å². The number of anilines is 1. The van der Waals surface area contributed by atoms with Gasteiger partial charge in [-0.25, -0.2) is 4.79 Å². The van der Waals surface area contributed by atoms with Crippen molar-refractivity contribution < 1.29 is 14.0 Å². The molecule has 1 aromatic heterocycles. The molecule has 6 heteroatoms. The first-order chi connectivity index (χ1) is 11.5. The molecule has 3 rings (SSSR count). The Morgan fingerprint density at radius 2 is 1.96 bits per heavy atom. The fraction of sp³-hybridized carbons (Fsp3) is 0.167. The van der Waals surface area contributed by atoms with E-state index in [1.54, 1.807) is 18.2 Å². The average molecular weight is 324 g/mol. The van der Waals surface area contributed by atoms with E-state index in [-0.39, 0.29) is 24.5 Å². The van der Waals surface area contributed by atoms with E-state index in [0.29, 0.717) is 22.4 Å². The molecule has 0 saturated heterocycles. The number of H-pyrrole nitrogens is 1. The largest absolute Gasteiger partial charge is 0.417 e. The minimum atomic E-state index is -0.563. The molecule has 2 aromatic carbocycles. The first-order valence-corrected chi connectivity index (χ1v) is 7.54. The van der Waals surface area contributed by atoms with E-state index in [2.05, 4.69) is 10.3 Å². The van der Waals surface area contributed by atoms with E-state index in [1.807, 2.05) is 25.1 Å². The Balaban J connectivity index is 1.61. The zero-order chi connectivity index (χ0) is 17.1. The monoisotopic (exact) mass is 324 g/mol. The molecular formula is C18H16N2O4. The van der Waals surface area contributed by atoms with Crippen LogP contribution in [0, 0.1) is 6.92 Å². The number of aryl methyl sites for hydroxylation is 1. The van der Waals surface area contributed by atoms with Crippen LogP contribution < -0.4 is 11.1 Å². The summed E-state index contributed by atoms with van der Waals surface area (Å²) in [6, 6.07) is 12.2. The van der Waals surface area contributed by atoms with Gasteiger partial charge in [0.05, 0.1) is 5.52 Å². The number of carbonyl (C=O) groups excluding carboxylic acids is 2. The molecule has 0 spiro atoms. The van der Waals surface area contributed by atoms with Gasteiger partial charge in [0, 0.05) is 24.1 Å². The fourth-order valence-electron chi connectivity index (χ4n) is 2.44. The molecule has 0 bridgehead atoms. The number of amides is 1. The number of aromatic nitrogens is 1. The van der Waals surface area contributed by atoms with E-state index in [4.69, 9.17) is 4.42 Å². The topological polar surface area (TPSA) is 92.2 Å². The molecule has 0 atom stereocenters. The zero-order valence-electron chi connectivity index (χ0n) is 13.1. The number of oxazole rings is 1. The van der Waals surface area contributed by atoms with Crippen LogP contribution in [0.15, 0.2) is 51.7 Å². The molecule has 24 heavy (non-hydrogen) atoms. The summed E-state index contributed by atoms with van der Waals surface area (Å²) in [5.74, 6) is -0.963. The number of hydrogen-bond acceptors (Lipinski definition) is 4. The summed E-state index contributed by atoms with van der Waals surface area (Å²) in [6.07, 6.45) is 0.166. The third kappa shape index (κ3) is 3.60. The Bertz CT molecular complexity index is 968. The highest BCUT2D eigenvalue weighted by Gasteiger charge is 2.12. The van der Waals surface area contributed by atoms with Crippen LogP contribution in [-0.2, 0) is 4.79 Å². The molecular weight excluding hydrogens is 308 g/mol. The van der Waals surface area contributed by atoms with Crippen molar-refractivity contribution >= 4 is 28.5 Å². The van der Waals surface area contributed by atoms with Gasteiger partial charge in [-0.05, 0) is 42.8 Å². The molecule has 1 amide bonds. The summed E-state index contributed by atoms with van der Waals surface area (Å²) in [5.41, 5.74) is 3.03. The molecule has 0 fully saturated rings. The van der Waals surface area contributed by atoms with Crippen molar-refractivity contribution in [1.29, 1.82) is 0 Å². The number of nitrogens with one attached hydrogen (secondary N) is 2. The molecule has 0 aliphatic carbocycles. The molecule has 2 N–H and O–H groups in total. The number of rotatable bonds is 5. The molecule has 0 radical (unpaired) electrons. The predicted octanol–water partition coefficient (Wildman–Crippen LogP) is 3.03. The number of carbonyl (C=O) groups is 2. The third-order valence-corrected chi connectivity index (χ3v) is 3.62. The quantitative estimate of drug-likeness (QED) is 0.706. The molecule has 122 valence electrons. The van der Waals surface area contributed by atoms with Gasteiger partial charge in [-0.1, -0.05) is 12.1 Å². The van der Waals surface area contributed by atoms with Crippen molar-refractivity contribution in [2.45, 2.75) is 19.8 Å². The lowest BCUT2D eigenvalue weighted by Crippen LogP contribution is -2.13. The highest BCUT2D eigenvalue weighted by Crippen LogP contribution is 2.15. The second-order valence-corrected chi connectivity index (χ2v) is 5.57. The predicted molar refractivity (Wildman–Crippen MR) is 90.2 cm³/mol. The van der Waals surface area contributed by atoms with Gasteiger partial charge in [0.15, 0.2) is 11.4 Å². The molecule has 0 aliphatic rings. The van der Waals surface area contributed by atoms with Crippen LogP contribution >= 0.6 is 0 Å². The Hall–Kier alpha value is -3.15. The maximum absolute atomic E-state index is 12.2. The van der Waals surface area contributed by atoms with E-state index in [1.165, 1.54) is 6.07 Å². The summed E-state index contributed by atoms with van der Waals surface area (Å²) in [4.78, 5) is 37.8. The third-order valence-electron chi connectivity index (χ3n) is 3.62. The fourth-order valence-corrected chi connectivity index (χ4v) is 2.44. The zero-order valence-corrected chi connectivity index (χ0v) is 13.1. The smallest absolute Gasteiger partial charge is 0.408 e. The van der Waals surface area contributed by atoms with Gasteiger partial charge in [-0.2, -0.15) is 0 Å². The lowest BCUT2D eigenvalue weighted by molar-refractivity contribution is -0.116. The van der Waals surface area contributed by atoms with Gasteiger partial charge >= 0.3 is 5.76 Å². The van der Waals surface area contributed by atoms with Crippen LogP contribution in [0.4, 0.5) is 5.69 Å². The lowest BCUT2D eigenvalue weighted by Gasteiger charge is -2.06. The molecule has 6 nitrogen and oxygen atoms in total. The summed E-state index contributed by atoms with van der Waals surface area (Å²) in [6.45, 7) is 1.94. The van der Waals surface area contributed by atoms with Gasteiger partial charge in [-0.3, -0.25) is 14.6 Å². The number of hydrogen-bond donors (Lipinski definition) is 2. The van der Waals surface area contributed by atoms with Crippen molar-refractivity contribution in [1.82, 2.24) is 4.98 Å². The van der Waals surface area contributed by atoms with Crippen LogP contribution in [0.5, 0.6) is 0 Å². The first-order valence-electron chi connectivity index (χ1n) is 7.54. The number of Topliss-reactive ketones (excluding diaryl/α,β-unsaturated/α-hetero) is 1. The van der Waals surface area contributed by atoms with E-state index in [0.717, 1.165) is 5.56 Å². The Morgan fingerprint density at radius 1 is 1.12 bits per heavy atom. The first kappa shape index (κ1) is 15.7. The van der Waals surface area contributed by atoms with Crippen LogP contribution in [0.2, 0.25) is 0 Å². The Morgan fingerprint density at radius 3 is 2.75 bits per heavy atom. The van der Waals surface area contributed by atoms with Gasteiger partial charge in [0.2, 0.25) is 5.91 Å². The minimum Gasteiger partial charge on any atom is -0.408 e. The van der Waals surface area contributed by atoms with Crippen molar-refractivity contribution in [2.75, 3.05) is 5.32 Å². The van der Waals surface area contributed by atoms with Gasteiger partial charge < -0.3 is 9.73 Å². The summed E-state index contributed by atoms with van der Waals surface area (Å²) < 4.78 is 4.93. The second-order valence-electron chi connectivity index (χ2n) is 5.57. The van der Waals surface area contributed by atoms with Crippen molar-refractivity contribution in [2.24, 2.45) is 0 Å². The molecule has 3 aromatic rings. The van der Waals surface area contributed by atoms with E-state index < -0.39 is 5.76 Å². The minimum absolute atomic E-state index is 0.0812. The summed E-state index contributed by atoms with van der Waals surface area (Å²) >= 11 is 0. The maximum atomic E-state index is 12.2. The number of fused-ring (bicyclic) bond motifs is 1. The number of ketones is 1. The normalized spacial score (nSPS) is 10.7.